The predicted octanol–water partition coefficient (Wildman–Crippen LogP) is 0.258. The van der Waals surface area contributed by atoms with Crippen LogP contribution in [-0.4, -0.2) is 17.2 Å². The second-order valence-electron chi connectivity index (χ2n) is 1.52. The van der Waals surface area contributed by atoms with Gasteiger partial charge in [0.05, 0.1) is 6.10 Å². The topological polar surface area (TPSA) is 46.5 Å². The van der Waals surface area contributed by atoms with Crippen LogP contribution in [0.4, 0.5) is 0 Å². The molecule has 0 aliphatic carbocycles. The van der Waals surface area contributed by atoms with Gasteiger partial charge in [-0.3, -0.25) is 0 Å². The number of hydrogen-bond donors (Lipinski definition) is 1. The number of esters is 1. The highest BCUT2D eigenvalue weighted by atomic mass is 16.5. The van der Waals surface area contributed by atoms with Gasteiger partial charge >= 0.3 is 5.97 Å². The van der Waals surface area contributed by atoms with Crippen molar-refractivity contribution in [2.75, 3.05) is 0 Å². The van der Waals surface area contributed by atoms with Crippen LogP contribution in [-0.2, 0) is 9.53 Å². The fourth-order valence-corrected chi connectivity index (χ4v) is 0.214. The van der Waals surface area contributed by atoms with Crippen LogP contribution < -0.4 is 0 Å². The van der Waals surface area contributed by atoms with Crippen molar-refractivity contribution in [1.29, 1.82) is 0 Å². The third kappa shape index (κ3) is 5.03. The molecule has 0 amide bonds. The molecular weight excluding hydrogens is 120 g/mol. The average Bonchev–Trinajstić information content (AvgIpc) is 1.83. The number of aliphatic hydroxyl groups excluding tert-OH is 1. The van der Waals surface area contributed by atoms with Gasteiger partial charge < -0.3 is 9.84 Å². The van der Waals surface area contributed by atoms with Crippen molar-refractivity contribution >= 4 is 5.97 Å². The molecule has 51 valence electrons. The lowest BCUT2D eigenvalue weighted by Gasteiger charge is -2.00. The van der Waals surface area contributed by atoms with Gasteiger partial charge in [-0.15, -0.1) is 0 Å². The van der Waals surface area contributed by atoms with Crippen LogP contribution in [0.2, 0.25) is 0 Å². The first-order valence-electron chi connectivity index (χ1n) is 2.51. The van der Waals surface area contributed by atoms with Crippen molar-refractivity contribution in [2.24, 2.45) is 0 Å². The van der Waals surface area contributed by atoms with E-state index in [-0.39, 0.29) is 0 Å². The van der Waals surface area contributed by atoms with Crippen molar-refractivity contribution in [2.45, 2.75) is 13.0 Å². The molecule has 3 nitrogen and oxygen atoms in total. The van der Waals surface area contributed by atoms with E-state index in [2.05, 4.69) is 11.3 Å². The summed E-state index contributed by atoms with van der Waals surface area (Å²) in [4.78, 5) is 10.2. The molecule has 0 rings (SSSR count). The quantitative estimate of drug-likeness (QED) is 0.439. The predicted molar refractivity (Wildman–Crippen MR) is 32.3 cm³/mol. The molecule has 0 aromatic rings. The molecule has 1 atom stereocenters. The molecule has 0 aliphatic rings. The SMILES string of the molecule is C=CC(=O)O[CH]C(C)O. The van der Waals surface area contributed by atoms with E-state index in [4.69, 9.17) is 5.11 Å². The highest BCUT2D eigenvalue weighted by Gasteiger charge is 1.99. The second kappa shape index (κ2) is 4.09. The summed E-state index contributed by atoms with van der Waals surface area (Å²) in [6, 6.07) is 0. The largest absolute Gasteiger partial charge is 0.452 e. The summed E-state index contributed by atoms with van der Waals surface area (Å²) >= 11 is 0. The zero-order valence-corrected chi connectivity index (χ0v) is 5.20. The van der Waals surface area contributed by atoms with Gasteiger partial charge in [0, 0.05) is 6.08 Å². The van der Waals surface area contributed by atoms with Crippen molar-refractivity contribution in [3.63, 3.8) is 0 Å². The molecule has 0 bridgehead atoms. The number of ether oxygens (including phenoxy) is 1. The maximum Gasteiger partial charge on any atom is 0.330 e. The number of aliphatic hydroxyl groups is 1. The zero-order chi connectivity index (χ0) is 7.28. The highest BCUT2D eigenvalue weighted by Crippen LogP contribution is 1.90. The van der Waals surface area contributed by atoms with Gasteiger partial charge in [0.25, 0.3) is 0 Å². The second-order valence-corrected chi connectivity index (χ2v) is 1.52. The van der Waals surface area contributed by atoms with Crippen LogP contribution in [0.15, 0.2) is 12.7 Å². The van der Waals surface area contributed by atoms with Crippen LogP contribution in [0.25, 0.3) is 0 Å². The minimum Gasteiger partial charge on any atom is -0.452 e. The molecule has 3 heteroatoms. The van der Waals surface area contributed by atoms with E-state index in [9.17, 15) is 4.79 Å². The van der Waals surface area contributed by atoms with E-state index in [0.29, 0.717) is 0 Å². The summed E-state index contributed by atoms with van der Waals surface area (Å²) in [7, 11) is 0. The van der Waals surface area contributed by atoms with E-state index in [1.165, 1.54) is 6.92 Å². The summed E-state index contributed by atoms with van der Waals surface area (Å²) in [5, 5.41) is 8.53. The van der Waals surface area contributed by atoms with E-state index in [1.807, 2.05) is 0 Å². The molecule has 1 radical (unpaired) electrons. The van der Waals surface area contributed by atoms with E-state index < -0.39 is 12.1 Å². The Bertz CT molecular complexity index is 107. The molecule has 0 fully saturated rings. The molecule has 1 N–H and O–H groups in total. The lowest BCUT2D eigenvalue weighted by atomic mass is 10.4. The normalized spacial score (nSPS) is 12.2. The highest BCUT2D eigenvalue weighted by molar-refractivity contribution is 5.81. The third-order valence-corrected chi connectivity index (χ3v) is 0.548. The molecule has 0 aliphatic heterocycles. The minimum absolute atomic E-state index is 0.559. The molecule has 0 saturated carbocycles. The van der Waals surface area contributed by atoms with Crippen LogP contribution >= 0.6 is 0 Å². The molecule has 0 saturated heterocycles. The first kappa shape index (κ1) is 8.17. The Kier molecular flexibility index (Phi) is 3.71. The van der Waals surface area contributed by atoms with Gasteiger partial charge in [-0.25, -0.2) is 4.79 Å². The lowest BCUT2D eigenvalue weighted by Crippen LogP contribution is -2.07. The van der Waals surface area contributed by atoms with Gasteiger partial charge in [0.15, 0.2) is 6.61 Å². The fraction of sp³-hybridized carbons (Fsp3) is 0.333. The third-order valence-electron chi connectivity index (χ3n) is 0.548. The van der Waals surface area contributed by atoms with E-state index in [1.54, 1.807) is 0 Å². The average molecular weight is 129 g/mol. The Hall–Kier alpha value is -0.830. The number of rotatable bonds is 3. The van der Waals surface area contributed by atoms with Gasteiger partial charge in [0.2, 0.25) is 0 Å². The summed E-state index contributed by atoms with van der Waals surface area (Å²) in [6.45, 7) is 5.68. The Balaban J connectivity index is 3.27. The van der Waals surface area contributed by atoms with Crippen molar-refractivity contribution in [3.05, 3.63) is 19.3 Å². The fourth-order valence-electron chi connectivity index (χ4n) is 0.214. The minimum atomic E-state index is -0.728. The first-order valence-corrected chi connectivity index (χ1v) is 2.51. The smallest absolute Gasteiger partial charge is 0.330 e. The first-order chi connectivity index (χ1) is 4.16. The monoisotopic (exact) mass is 129 g/mol. The van der Waals surface area contributed by atoms with E-state index in [0.717, 1.165) is 12.7 Å². The Morgan fingerprint density at radius 1 is 1.89 bits per heavy atom. The number of carbonyl (C=O) groups is 1. The Labute approximate surface area is 53.9 Å². The molecule has 0 aromatic heterocycles. The maximum atomic E-state index is 10.2. The van der Waals surface area contributed by atoms with Crippen molar-refractivity contribution in [3.8, 4) is 0 Å². The molecule has 9 heavy (non-hydrogen) atoms. The van der Waals surface area contributed by atoms with Gasteiger partial charge in [-0.2, -0.15) is 0 Å². The maximum absolute atomic E-state index is 10.2. The molecular formula is C6H9O3. The van der Waals surface area contributed by atoms with Crippen molar-refractivity contribution < 1.29 is 14.6 Å². The summed E-state index contributed by atoms with van der Waals surface area (Å²) in [5.74, 6) is -0.559. The van der Waals surface area contributed by atoms with Crippen molar-refractivity contribution in [1.82, 2.24) is 0 Å². The number of hydrogen-bond acceptors (Lipinski definition) is 3. The summed E-state index contributed by atoms with van der Waals surface area (Å²) < 4.78 is 4.32. The zero-order valence-electron chi connectivity index (χ0n) is 5.20. The number of carbonyl (C=O) groups excluding carboxylic acids is 1. The Morgan fingerprint density at radius 2 is 2.44 bits per heavy atom. The molecule has 0 aromatic carbocycles. The van der Waals surface area contributed by atoms with E-state index >= 15 is 0 Å². The molecule has 0 spiro atoms. The Morgan fingerprint density at radius 3 is 2.78 bits per heavy atom. The summed E-state index contributed by atoms with van der Waals surface area (Å²) in [5.41, 5.74) is 0. The van der Waals surface area contributed by atoms with Crippen LogP contribution in [0.3, 0.4) is 0 Å². The van der Waals surface area contributed by atoms with Crippen LogP contribution in [0.5, 0.6) is 0 Å². The van der Waals surface area contributed by atoms with Gasteiger partial charge in [-0.05, 0) is 6.92 Å². The molecule has 1 unspecified atom stereocenters. The van der Waals surface area contributed by atoms with Gasteiger partial charge in [0.1, 0.15) is 0 Å². The van der Waals surface area contributed by atoms with Crippen LogP contribution in [0.1, 0.15) is 6.92 Å². The standard InChI is InChI=1S/C6H9O3/c1-3-6(8)9-4-5(2)7/h3-5,7H,1H2,2H3. The van der Waals surface area contributed by atoms with Crippen LogP contribution in [0, 0.1) is 6.61 Å². The molecule has 0 heterocycles. The summed E-state index contributed by atoms with van der Waals surface area (Å²) in [6.07, 6.45) is 0.299. The lowest BCUT2D eigenvalue weighted by molar-refractivity contribution is -0.136. The van der Waals surface area contributed by atoms with Gasteiger partial charge in [-0.1, -0.05) is 6.58 Å².